The fraction of sp³-hybridized carbons (Fsp3) is 0.316. The van der Waals surface area contributed by atoms with Gasteiger partial charge in [-0.15, -0.1) is 5.10 Å². The topological polar surface area (TPSA) is 70.1 Å². The van der Waals surface area contributed by atoms with Gasteiger partial charge in [0, 0.05) is 30.6 Å². The number of thiocarbonyl (C=S) groups is 1. The van der Waals surface area contributed by atoms with Gasteiger partial charge in [-0.25, -0.2) is 13.2 Å². The molecule has 6 nitrogen and oxygen atoms in total. The monoisotopic (exact) mass is 416 g/mol. The molecule has 1 aromatic carbocycles. The molecular weight excluding hydrogens is 401 g/mol. The summed E-state index contributed by atoms with van der Waals surface area (Å²) in [7, 11) is 0. The van der Waals surface area contributed by atoms with Gasteiger partial charge < -0.3 is 4.90 Å². The van der Waals surface area contributed by atoms with Crippen molar-refractivity contribution in [1.29, 1.82) is 5.26 Å². The number of rotatable bonds is 3. The molecule has 0 N–H and O–H groups in total. The number of nitriles is 1. The number of benzene rings is 1. The van der Waals surface area contributed by atoms with Gasteiger partial charge in [-0.2, -0.15) is 19.7 Å². The smallest absolute Gasteiger partial charge is 0.255 e. The van der Waals surface area contributed by atoms with Gasteiger partial charge in [0.2, 0.25) is 0 Å². The Balaban J connectivity index is 2.08. The van der Waals surface area contributed by atoms with Gasteiger partial charge in [0.15, 0.2) is 11.5 Å². The maximum absolute atomic E-state index is 14.7. The predicted octanol–water partition coefficient (Wildman–Crippen LogP) is 3.66. The first-order valence-corrected chi connectivity index (χ1v) is 9.46. The van der Waals surface area contributed by atoms with Crippen LogP contribution in [-0.4, -0.2) is 38.0 Å². The third-order valence-corrected chi connectivity index (χ3v) is 5.24. The van der Waals surface area contributed by atoms with E-state index in [0.717, 1.165) is 12.8 Å². The average Bonchev–Trinajstić information content (AvgIpc) is 3.10. The number of piperidine rings is 1. The molecule has 1 saturated heterocycles. The molecule has 0 bridgehead atoms. The maximum atomic E-state index is 14.7. The molecule has 0 spiro atoms. The number of fused-ring (bicyclic) bond motifs is 1. The highest BCUT2D eigenvalue weighted by atomic mass is 32.1. The normalized spacial score (nSPS) is 14.9. The standard InChI is InChI=1S/C19H15F3N6S/c1-10-2-4-27(5-3-10)18-17(16-12(21)6-11(20)7-13(16)22)14(8-23)24-19-25-15(9-29)26-28(18)19/h6-7,9-10H,2-5H2,1H3. The molecule has 0 radical (unpaired) electrons. The van der Waals surface area contributed by atoms with Crippen LogP contribution < -0.4 is 4.90 Å². The number of anilines is 1. The summed E-state index contributed by atoms with van der Waals surface area (Å²) in [5, 5.41) is 15.2. The lowest BCUT2D eigenvalue weighted by Gasteiger charge is -2.33. The van der Waals surface area contributed by atoms with Crippen molar-refractivity contribution >= 4 is 29.2 Å². The van der Waals surface area contributed by atoms with Crippen LogP contribution in [0.3, 0.4) is 0 Å². The summed E-state index contributed by atoms with van der Waals surface area (Å²) in [5.41, 5.74) is -0.824. The highest BCUT2D eigenvalue weighted by molar-refractivity contribution is 7.79. The van der Waals surface area contributed by atoms with E-state index in [1.807, 2.05) is 11.0 Å². The van der Waals surface area contributed by atoms with Crippen molar-refractivity contribution in [3.63, 3.8) is 0 Å². The molecule has 1 aliphatic heterocycles. The van der Waals surface area contributed by atoms with Crippen LogP contribution in [0, 0.1) is 34.7 Å². The third kappa shape index (κ3) is 3.31. The zero-order valence-electron chi connectivity index (χ0n) is 15.4. The van der Waals surface area contributed by atoms with Crippen LogP contribution in [0.5, 0.6) is 0 Å². The first-order chi connectivity index (χ1) is 13.9. The summed E-state index contributed by atoms with van der Waals surface area (Å²) in [6, 6.07) is 3.05. The first kappa shape index (κ1) is 19.3. The molecule has 148 valence electrons. The molecule has 0 aliphatic carbocycles. The SMILES string of the molecule is CC1CCN(c2c(-c3c(F)cc(F)cc3F)c(C#N)nc3nc(C=S)nn23)CC1. The fourth-order valence-corrected chi connectivity index (χ4v) is 3.66. The highest BCUT2D eigenvalue weighted by Crippen LogP contribution is 2.38. The van der Waals surface area contributed by atoms with E-state index in [0.29, 0.717) is 37.0 Å². The maximum Gasteiger partial charge on any atom is 0.255 e. The van der Waals surface area contributed by atoms with Crippen LogP contribution in [-0.2, 0) is 0 Å². The summed E-state index contributed by atoms with van der Waals surface area (Å²) in [6.45, 7) is 3.31. The minimum absolute atomic E-state index is 0.0784. The Kier molecular flexibility index (Phi) is 4.92. The molecule has 2 aromatic heterocycles. The van der Waals surface area contributed by atoms with Crippen LogP contribution in [0.15, 0.2) is 12.1 Å². The molecule has 10 heteroatoms. The van der Waals surface area contributed by atoms with Crippen LogP contribution >= 0.6 is 12.2 Å². The number of aromatic nitrogens is 4. The van der Waals surface area contributed by atoms with E-state index in [9.17, 15) is 18.4 Å². The first-order valence-electron chi connectivity index (χ1n) is 8.98. The number of halogens is 3. The molecule has 0 amide bonds. The summed E-state index contributed by atoms with van der Waals surface area (Å²) in [4.78, 5) is 10.2. The number of nitrogens with zero attached hydrogens (tertiary/aromatic N) is 6. The largest absolute Gasteiger partial charge is 0.356 e. The van der Waals surface area contributed by atoms with Crippen molar-refractivity contribution < 1.29 is 13.2 Å². The summed E-state index contributed by atoms with van der Waals surface area (Å²) in [6.07, 6.45) is 1.71. The van der Waals surface area contributed by atoms with E-state index in [1.165, 1.54) is 9.88 Å². The fourth-order valence-electron chi connectivity index (χ4n) is 3.56. The Morgan fingerprint density at radius 1 is 1.14 bits per heavy atom. The van der Waals surface area contributed by atoms with Crippen molar-refractivity contribution in [3.05, 3.63) is 41.1 Å². The van der Waals surface area contributed by atoms with Crippen molar-refractivity contribution in [2.24, 2.45) is 5.92 Å². The predicted molar refractivity (Wildman–Crippen MR) is 104 cm³/mol. The summed E-state index contributed by atoms with van der Waals surface area (Å²) < 4.78 is 44.2. The minimum Gasteiger partial charge on any atom is -0.356 e. The van der Waals surface area contributed by atoms with Gasteiger partial charge in [0.05, 0.1) is 11.1 Å². The molecule has 1 aliphatic rings. The number of hydrogen-bond donors (Lipinski definition) is 0. The van der Waals surface area contributed by atoms with Crippen LogP contribution in [0.1, 0.15) is 31.3 Å². The molecule has 29 heavy (non-hydrogen) atoms. The third-order valence-electron chi connectivity index (χ3n) is 5.03. The lowest BCUT2D eigenvalue weighted by molar-refractivity contribution is 0.435. The second-order valence-electron chi connectivity index (χ2n) is 6.98. The van der Waals surface area contributed by atoms with Crippen LogP contribution in [0.25, 0.3) is 16.9 Å². The van der Waals surface area contributed by atoms with E-state index >= 15 is 0 Å². The van der Waals surface area contributed by atoms with E-state index in [1.54, 1.807) is 0 Å². The molecular formula is C19H15F3N6S. The van der Waals surface area contributed by atoms with Gasteiger partial charge in [-0.05, 0) is 18.8 Å². The van der Waals surface area contributed by atoms with E-state index in [2.05, 4.69) is 22.0 Å². The summed E-state index contributed by atoms with van der Waals surface area (Å²) in [5.74, 6) is -2.22. The molecule has 0 saturated carbocycles. The average molecular weight is 416 g/mol. The quantitative estimate of drug-likeness (QED) is 0.607. The van der Waals surface area contributed by atoms with Crippen molar-refractivity contribution in [1.82, 2.24) is 19.6 Å². The Morgan fingerprint density at radius 3 is 2.38 bits per heavy atom. The Morgan fingerprint density at radius 2 is 1.79 bits per heavy atom. The number of hydrogen-bond acceptors (Lipinski definition) is 6. The molecule has 3 aromatic rings. The van der Waals surface area contributed by atoms with Crippen molar-refractivity contribution in [3.8, 4) is 17.2 Å². The Hall–Kier alpha value is -3.06. The Labute approximate surface area is 169 Å². The summed E-state index contributed by atoms with van der Waals surface area (Å²) >= 11 is 4.89. The van der Waals surface area contributed by atoms with E-state index in [4.69, 9.17) is 12.2 Å². The highest BCUT2D eigenvalue weighted by Gasteiger charge is 2.29. The Bertz CT molecular complexity index is 1140. The van der Waals surface area contributed by atoms with Gasteiger partial charge in [0.25, 0.3) is 5.78 Å². The zero-order valence-corrected chi connectivity index (χ0v) is 16.2. The lowest BCUT2D eigenvalue weighted by atomic mass is 9.97. The lowest BCUT2D eigenvalue weighted by Crippen LogP contribution is -2.35. The van der Waals surface area contributed by atoms with E-state index in [-0.39, 0.29) is 22.9 Å². The second-order valence-corrected chi connectivity index (χ2v) is 7.22. The zero-order chi connectivity index (χ0) is 20.7. The molecule has 0 atom stereocenters. The van der Waals surface area contributed by atoms with Crippen LogP contribution in [0.2, 0.25) is 0 Å². The van der Waals surface area contributed by atoms with Crippen molar-refractivity contribution in [2.45, 2.75) is 19.8 Å². The molecule has 0 unspecified atom stereocenters. The van der Waals surface area contributed by atoms with Gasteiger partial charge >= 0.3 is 0 Å². The van der Waals surface area contributed by atoms with Crippen LogP contribution in [0.4, 0.5) is 19.0 Å². The molecule has 4 rings (SSSR count). The van der Waals surface area contributed by atoms with Crippen molar-refractivity contribution in [2.75, 3.05) is 18.0 Å². The van der Waals surface area contributed by atoms with Gasteiger partial charge in [-0.3, -0.25) is 0 Å². The van der Waals surface area contributed by atoms with Gasteiger partial charge in [0.1, 0.15) is 29.3 Å². The second kappa shape index (κ2) is 7.40. The van der Waals surface area contributed by atoms with E-state index < -0.39 is 23.0 Å². The molecule has 1 fully saturated rings. The minimum atomic E-state index is -1.12. The molecule has 3 heterocycles. The van der Waals surface area contributed by atoms with Gasteiger partial charge in [-0.1, -0.05) is 19.1 Å².